The minimum absolute atomic E-state index is 0.0193. The van der Waals surface area contributed by atoms with Crippen LogP contribution in [0.3, 0.4) is 0 Å². The molecule has 2 saturated heterocycles. The minimum atomic E-state index is -2.43. The van der Waals surface area contributed by atoms with Gasteiger partial charge in [0, 0.05) is 58.5 Å². The lowest BCUT2D eigenvalue weighted by Crippen LogP contribution is -2.61. The standard InChI is InChI=1S/C51H79NO13/c1-30-16-12-11-13-17-31(2)42(61-8)28-38-21-19-36(7)51(60,65-38)48(57)49(58)52-23-15-14-18-39(52)50(59)64-43(33(4)26-37-20-22-40(53)44(27-37)62-9)29-41(54)32(3)25-35(6)46(56)47(63-10)45(55)34(5)24-30/h11-13,16-17,25,30,32-34,36-40,42-44,46-47,53,56,60H,14-15,18-24,26-29H2,1-10H3/b13-11?,16-12+,31-17?,35-25+/t30-,32-,33-,34?,36-,37+,38+,39+,40-,42+,43+,44-,46-,47+,51-/m1/s1. The summed E-state index contributed by atoms with van der Waals surface area (Å²) in [5.74, 6) is -7.96. The summed E-state index contributed by atoms with van der Waals surface area (Å²) >= 11 is 0. The van der Waals surface area contributed by atoms with Crippen molar-refractivity contribution in [3.8, 4) is 0 Å². The van der Waals surface area contributed by atoms with Gasteiger partial charge in [-0.2, -0.15) is 0 Å². The number of amides is 1. The predicted molar refractivity (Wildman–Crippen MR) is 245 cm³/mol. The number of piperidine rings is 1. The maximum absolute atomic E-state index is 14.4. The molecule has 1 aliphatic carbocycles. The number of rotatable bonds is 6. The number of ketones is 3. The Morgan fingerprint density at radius 3 is 2.25 bits per heavy atom. The van der Waals surface area contributed by atoms with Gasteiger partial charge >= 0.3 is 5.97 Å². The molecule has 1 amide bonds. The first-order valence-corrected chi connectivity index (χ1v) is 23.9. The highest BCUT2D eigenvalue weighted by Crippen LogP contribution is 2.38. The lowest BCUT2D eigenvalue weighted by molar-refractivity contribution is -0.265. The van der Waals surface area contributed by atoms with Crippen molar-refractivity contribution in [2.75, 3.05) is 27.9 Å². The lowest BCUT2D eigenvalue weighted by atomic mass is 9.78. The molecule has 3 N–H and O–H groups in total. The molecule has 0 radical (unpaired) electrons. The fourth-order valence-corrected chi connectivity index (χ4v) is 10.1. The van der Waals surface area contributed by atoms with Crippen LogP contribution in [-0.2, 0) is 47.7 Å². The molecule has 1 unspecified atom stereocenters. The van der Waals surface area contributed by atoms with Crippen molar-refractivity contribution in [2.45, 2.75) is 180 Å². The third kappa shape index (κ3) is 14.3. The van der Waals surface area contributed by atoms with Crippen LogP contribution in [-0.4, -0.2) is 132 Å². The van der Waals surface area contributed by atoms with E-state index in [9.17, 15) is 39.3 Å². The number of Topliss-reactive ketones (excluding diaryl/α,β-unsaturated/α-hetero) is 3. The molecule has 0 aromatic heterocycles. The number of hydrogen-bond acceptors (Lipinski definition) is 13. The van der Waals surface area contributed by atoms with Crippen molar-refractivity contribution < 1.29 is 63.0 Å². The first kappa shape index (κ1) is 54.2. The van der Waals surface area contributed by atoms with E-state index < -0.39 is 83.9 Å². The van der Waals surface area contributed by atoms with Crippen molar-refractivity contribution in [3.05, 3.63) is 47.6 Å². The molecular weight excluding hydrogens is 835 g/mol. The van der Waals surface area contributed by atoms with E-state index >= 15 is 0 Å². The van der Waals surface area contributed by atoms with Gasteiger partial charge in [-0.15, -0.1) is 0 Å². The Morgan fingerprint density at radius 2 is 1.57 bits per heavy atom. The van der Waals surface area contributed by atoms with E-state index in [2.05, 4.69) is 0 Å². The Balaban J connectivity index is 1.70. The largest absolute Gasteiger partial charge is 0.460 e. The number of esters is 1. The van der Waals surface area contributed by atoms with Gasteiger partial charge in [-0.1, -0.05) is 71.1 Å². The van der Waals surface area contributed by atoms with Crippen molar-refractivity contribution in [3.63, 3.8) is 0 Å². The first-order chi connectivity index (χ1) is 30.7. The van der Waals surface area contributed by atoms with Gasteiger partial charge < -0.3 is 43.9 Å². The van der Waals surface area contributed by atoms with Crippen LogP contribution < -0.4 is 0 Å². The number of carbonyl (C=O) groups is 5. The summed E-state index contributed by atoms with van der Waals surface area (Å²) < 4.78 is 29.4. The zero-order chi connectivity index (χ0) is 48.2. The maximum atomic E-state index is 14.4. The summed E-state index contributed by atoms with van der Waals surface area (Å²) in [6.45, 7) is 12.7. The van der Waals surface area contributed by atoms with E-state index in [-0.39, 0.29) is 54.8 Å². The second-order valence-electron chi connectivity index (χ2n) is 19.6. The maximum Gasteiger partial charge on any atom is 0.329 e. The molecule has 0 aromatic rings. The molecule has 3 fully saturated rings. The van der Waals surface area contributed by atoms with E-state index in [0.29, 0.717) is 63.4 Å². The quantitative estimate of drug-likeness (QED) is 0.156. The second kappa shape index (κ2) is 25.1. The Hall–Kier alpha value is -3.37. The van der Waals surface area contributed by atoms with Gasteiger partial charge in [0.25, 0.3) is 11.7 Å². The number of hydrogen-bond donors (Lipinski definition) is 3. The van der Waals surface area contributed by atoms with E-state index in [4.69, 9.17) is 23.7 Å². The third-order valence-electron chi connectivity index (χ3n) is 14.5. The molecular formula is C51H79NO13. The molecule has 0 aromatic carbocycles. The average Bonchev–Trinajstić information content (AvgIpc) is 3.28. The molecule has 14 nitrogen and oxygen atoms in total. The molecule has 366 valence electrons. The molecule has 3 aliphatic heterocycles. The van der Waals surface area contributed by atoms with Crippen molar-refractivity contribution in [1.29, 1.82) is 0 Å². The van der Waals surface area contributed by atoms with Crippen LogP contribution in [0.5, 0.6) is 0 Å². The zero-order valence-electron chi connectivity index (χ0n) is 40.6. The number of cyclic esters (lactones) is 1. The monoisotopic (exact) mass is 914 g/mol. The van der Waals surface area contributed by atoms with Crippen LogP contribution in [0.15, 0.2) is 47.6 Å². The zero-order valence-corrected chi connectivity index (χ0v) is 40.6. The number of nitrogens with zero attached hydrogens (tertiary/aromatic N) is 1. The molecule has 2 bridgehead atoms. The summed E-state index contributed by atoms with van der Waals surface area (Å²) in [6, 6.07) is -1.14. The molecule has 65 heavy (non-hydrogen) atoms. The minimum Gasteiger partial charge on any atom is -0.460 e. The Labute approximate surface area is 387 Å². The molecule has 3 heterocycles. The van der Waals surface area contributed by atoms with Crippen molar-refractivity contribution >= 4 is 29.2 Å². The van der Waals surface area contributed by atoms with E-state index in [1.165, 1.54) is 12.0 Å². The van der Waals surface area contributed by atoms with Gasteiger partial charge in [0.2, 0.25) is 5.79 Å². The highest BCUT2D eigenvalue weighted by Gasteiger charge is 2.53. The van der Waals surface area contributed by atoms with Crippen molar-refractivity contribution in [2.24, 2.45) is 35.5 Å². The molecule has 1 saturated carbocycles. The Kier molecular flexibility index (Phi) is 21.0. The van der Waals surface area contributed by atoms with Gasteiger partial charge in [0.05, 0.1) is 24.4 Å². The van der Waals surface area contributed by atoms with Gasteiger partial charge in [-0.3, -0.25) is 19.2 Å². The number of aliphatic hydroxyl groups is 3. The Morgan fingerprint density at radius 1 is 0.846 bits per heavy atom. The van der Waals surface area contributed by atoms with Crippen LogP contribution in [0.25, 0.3) is 0 Å². The van der Waals surface area contributed by atoms with Gasteiger partial charge in [0.1, 0.15) is 30.1 Å². The topological polar surface area (TPSA) is 195 Å². The second-order valence-corrected chi connectivity index (χ2v) is 19.6. The van der Waals surface area contributed by atoms with Crippen LogP contribution in [0.2, 0.25) is 0 Å². The number of carbonyl (C=O) groups excluding carboxylic acids is 5. The molecule has 0 spiro atoms. The highest BCUT2D eigenvalue weighted by molar-refractivity contribution is 6.39. The van der Waals surface area contributed by atoms with Crippen molar-refractivity contribution in [1.82, 2.24) is 4.90 Å². The smallest absolute Gasteiger partial charge is 0.329 e. The Bertz CT molecular complexity index is 1760. The number of fused-ring (bicyclic) bond motifs is 3. The van der Waals surface area contributed by atoms with E-state index in [1.807, 2.05) is 58.1 Å². The van der Waals surface area contributed by atoms with Crippen LogP contribution >= 0.6 is 0 Å². The van der Waals surface area contributed by atoms with Gasteiger partial charge in [0.15, 0.2) is 5.78 Å². The SMILES string of the molecule is CO[C@H]1C[C@@H]2CC[C@@H](C)[C@@](O)(O2)C(=O)C(=O)N2CCCC[C@H]2C(=O)O[C@H]([C@H](C)C[C@@H]2CC[C@@H](O)[C@H](OC)C2)CC(=O)[C@H](C)/C=C(\C)[C@@H](O)[C@@H](OC)C(=O)C(C)C[C@H](C)/C=C/C=CC=C1C. The first-order valence-electron chi connectivity index (χ1n) is 23.9. The number of methoxy groups -OCH3 is 3. The lowest BCUT2D eigenvalue weighted by Gasteiger charge is -2.42. The van der Waals surface area contributed by atoms with Gasteiger partial charge in [-0.25, -0.2) is 4.79 Å². The predicted octanol–water partition coefficient (Wildman–Crippen LogP) is 6.18. The summed E-state index contributed by atoms with van der Waals surface area (Å²) in [4.78, 5) is 71.8. The van der Waals surface area contributed by atoms with Crippen LogP contribution in [0.4, 0.5) is 0 Å². The summed E-state index contributed by atoms with van der Waals surface area (Å²) in [5, 5.41) is 33.8. The molecule has 4 aliphatic rings. The van der Waals surface area contributed by atoms with E-state index in [0.717, 1.165) is 12.0 Å². The molecule has 4 rings (SSSR count). The third-order valence-corrected chi connectivity index (χ3v) is 14.5. The van der Waals surface area contributed by atoms with Gasteiger partial charge in [-0.05, 0) is 107 Å². The fraction of sp³-hybridized carbons (Fsp3) is 0.745. The normalized spacial score (nSPS) is 39.1. The average molecular weight is 914 g/mol. The summed E-state index contributed by atoms with van der Waals surface area (Å²) in [7, 11) is 4.52. The summed E-state index contributed by atoms with van der Waals surface area (Å²) in [6.07, 6.45) is 11.2. The van der Waals surface area contributed by atoms with E-state index in [1.54, 1.807) is 41.1 Å². The highest BCUT2D eigenvalue weighted by atomic mass is 16.6. The van der Waals surface area contributed by atoms with Crippen LogP contribution in [0.1, 0.15) is 126 Å². The molecule has 15 atom stereocenters. The van der Waals surface area contributed by atoms with Crippen LogP contribution in [0, 0.1) is 35.5 Å². The fourth-order valence-electron chi connectivity index (χ4n) is 10.1. The number of aliphatic hydroxyl groups excluding tert-OH is 2. The number of ether oxygens (including phenoxy) is 5. The summed E-state index contributed by atoms with van der Waals surface area (Å²) in [5.41, 5.74) is 1.27. The number of allylic oxidation sites excluding steroid dienone is 6. The molecule has 14 heteroatoms.